The van der Waals surface area contributed by atoms with Gasteiger partial charge in [0.05, 0.1) is 0 Å². The lowest BCUT2D eigenvalue weighted by atomic mass is 9.87. The normalized spacial score (nSPS) is 25.1. The highest BCUT2D eigenvalue weighted by Crippen LogP contribution is 2.64. The van der Waals surface area contributed by atoms with Crippen LogP contribution in [0, 0.1) is 0 Å². The smallest absolute Gasteiger partial charge is 0.454 e. The molecule has 2 fully saturated rings. The molecule has 6 nitrogen and oxygen atoms in total. The van der Waals surface area contributed by atoms with Crippen LogP contribution in [0.25, 0.3) is 0 Å². The van der Waals surface area contributed by atoms with Crippen molar-refractivity contribution < 1.29 is 104 Å². The van der Waals surface area contributed by atoms with Gasteiger partial charge >= 0.3 is 53.6 Å². The van der Waals surface area contributed by atoms with Gasteiger partial charge in [0.1, 0.15) is 12.2 Å². The van der Waals surface area contributed by atoms with E-state index in [1.807, 2.05) is 0 Å². The van der Waals surface area contributed by atoms with Crippen molar-refractivity contribution in [2.24, 2.45) is 0 Å². The minimum atomic E-state index is -8.62. The molecule has 0 spiro atoms. The summed E-state index contributed by atoms with van der Waals surface area (Å²) < 4.78 is 242. The highest BCUT2D eigenvalue weighted by atomic mass is 19.4. The highest BCUT2D eigenvalue weighted by molar-refractivity contribution is 5.78. The van der Waals surface area contributed by atoms with Crippen LogP contribution in [0.1, 0.15) is 64.2 Å². The zero-order chi connectivity index (χ0) is 37.4. The van der Waals surface area contributed by atoms with Gasteiger partial charge < -0.3 is 24.4 Å². The summed E-state index contributed by atoms with van der Waals surface area (Å²) in [5.74, 6) is -57.0. The number of aliphatic hydroxyl groups is 2. The number of ether oxygens (including phenoxy) is 3. The monoisotopic (exact) mass is 748 g/mol. The van der Waals surface area contributed by atoms with E-state index in [0.29, 0.717) is 32.1 Å². The van der Waals surface area contributed by atoms with Gasteiger partial charge in [0.25, 0.3) is 0 Å². The highest BCUT2D eigenvalue weighted by Gasteiger charge is 2.95. The van der Waals surface area contributed by atoms with Crippen molar-refractivity contribution >= 4 is 5.97 Å². The lowest BCUT2D eigenvalue weighted by Crippen LogP contribution is -2.74. The molecule has 0 aromatic carbocycles. The lowest BCUT2D eigenvalue weighted by molar-refractivity contribution is -0.461. The largest absolute Gasteiger partial charge is 0.460 e. The first kappa shape index (κ1) is 42.3. The van der Waals surface area contributed by atoms with Gasteiger partial charge in [-0.2, -0.15) is 74.6 Å². The van der Waals surface area contributed by atoms with Crippen molar-refractivity contribution in [3.05, 3.63) is 0 Å². The predicted octanol–water partition coefficient (Wildman–Crippen LogP) is 7.29. The van der Waals surface area contributed by atoms with Crippen LogP contribution in [0.4, 0.5) is 74.6 Å². The average Bonchev–Trinajstić information content (AvgIpc) is 3.41. The van der Waals surface area contributed by atoms with Crippen LogP contribution in [0.15, 0.2) is 0 Å². The quantitative estimate of drug-likeness (QED) is 0.0821. The Morgan fingerprint density at radius 2 is 0.938 bits per heavy atom. The summed E-state index contributed by atoms with van der Waals surface area (Å²) in [4.78, 5) is 11.2. The van der Waals surface area contributed by atoms with E-state index in [1.165, 1.54) is 0 Å². The van der Waals surface area contributed by atoms with E-state index in [-0.39, 0.29) is 19.4 Å². The van der Waals surface area contributed by atoms with Crippen LogP contribution in [-0.2, 0) is 19.0 Å². The maximum absolute atomic E-state index is 13.9. The molecule has 23 heteroatoms. The van der Waals surface area contributed by atoms with Crippen molar-refractivity contribution in [3.63, 3.8) is 0 Å². The first-order valence-electron chi connectivity index (χ1n) is 14.1. The molecule has 0 aromatic heterocycles. The molecule has 0 aromatic rings. The van der Waals surface area contributed by atoms with E-state index in [4.69, 9.17) is 14.2 Å². The first-order chi connectivity index (χ1) is 21.5. The van der Waals surface area contributed by atoms with Crippen LogP contribution in [0.2, 0.25) is 0 Å². The van der Waals surface area contributed by atoms with Gasteiger partial charge in [0, 0.05) is 13.0 Å². The number of carbonyl (C=O) groups excluding carboxylic acids is 1. The number of esters is 1. The molecule has 0 amide bonds. The Hall–Kier alpha value is -1.88. The predicted molar refractivity (Wildman–Crippen MR) is 123 cm³/mol. The van der Waals surface area contributed by atoms with E-state index in [9.17, 15) is 89.6 Å². The van der Waals surface area contributed by atoms with Crippen LogP contribution >= 0.6 is 0 Å². The van der Waals surface area contributed by atoms with Crippen molar-refractivity contribution in [2.75, 3.05) is 6.61 Å². The van der Waals surface area contributed by atoms with Crippen LogP contribution in [0.3, 0.4) is 0 Å². The number of fused-ring (bicyclic) bond motifs is 1. The summed E-state index contributed by atoms with van der Waals surface area (Å²) >= 11 is 0. The Morgan fingerprint density at radius 3 is 1.38 bits per heavy atom. The Morgan fingerprint density at radius 1 is 0.542 bits per heavy atom. The molecular formula is C25H29F17O6. The molecule has 0 aliphatic carbocycles. The van der Waals surface area contributed by atoms with Crippen molar-refractivity contribution in [2.45, 2.75) is 143 Å². The number of hydrogen-bond donors (Lipinski definition) is 2. The van der Waals surface area contributed by atoms with Gasteiger partial charge in [0.15, 0.2) is 18.5 Å². The number of carbonyl (C=O) groups is 1. The Labute approximate surface area is 259 Å². The number of unbranched alkanes of at least 4 members (excludes halogenated alkanes) is 8. The topological polar surface area (TPSA) is 85.2 Å². The second-order valence-corrected chi connectivity index (χ2v) is 11.3. The lowest BCUT2D eigenvalue weighted by Gasteiger charge is -2.42. The van der Waals surface area contributed by atoms with Crippen LogP contribution < -0.4 is 0 Å². The molecule has 2 rings (SSSR count). The van der Waals surface area contributed by atoms with E-state index < -0.39 is 104 Å². The summed E-state index contributed by atoms with van der Waals surface area (Å²) in [6, 6.07) is 0. The molecular weight excluding hydrogens is 719 g/mol. The molecule has 2 heterocycles. The second-order valence-electron chi connectivity index (χ2n) is 11.3. The van der Waals surface area contributed by atoms with Gasteiger partial charge in [-0.15, -0.1) is 0 Å². The molecule has 2 saturated heterocycles. The molecule has 2 N–H and O–H groups in total. The Bertz CT molecular complexity index is 1080. The second kappa shape index (κ2) is 14.4. The maximum Gasteiger partial charge on any atom is 0.460 e. The average molecular weight is 748 g/mol. The fourth-order valence-electron chi connectivity index (χ4n) is 4.77. The van der Waals surface area contributed by atoms with Crippen LogP contribution in [0.5, 0.6) is 0 Å². The van der Waals surface area contributed by atoms with E-state index in [2.05, 4.69) is 0 Å². The molecule has 0 saturated carbocycles. The summed E-state index contributed by atoms with van der Waals surface area (Å²) in [6.45, 7) is 0.0924. The van der Waals surface area contributed by atoms with Gasteiger partial charge in [0.2, 0.25) is 0 Å². The summed E-state index contributed by atoms with van der Waals surface area (Å²) in [7, 11) is 0. The minimum absolute atomic E-state index is 0.0240. The van der Waals surface area contributed by atoms with E-state index >= 15 is 0 Å². The Balaban J connectivity index is 1.76. The summed E-state index contributed by atoms with van der Waals surface area (Å²) in [5, 5.41) is 19.6. The fraction of sp³-hybridized carbons (Fsp3) is 0.960. The van der Waals surface area contributed by atoms with Gasteiger partial charge in [-0.05, 0) is 12.8 Å². The number of hydrogen-bond acceptors (Lipinski definition) is 6. The van der Waals surface area contributed by atoms with Gasteiger partial charge in [-0.1, -0.05) is 44.9 Å². The minimum Gasteiger partial charge on any atom is -0.454 e. The van der Waals surface area contributed by atoms with Crippen molar-refractivity contribution in [1.82, 2.24) is 0 Å². The van der Waals surface area contributed by atoms with Crippen LogP contribution in [-0.4, -0.2) is 101 Å². The molecule has 2 aliphatic rings. The maximum atomic E-state index is 13.9. The molecule has 0 radical (unpaired) electrons. The molecule has 5 atom stereocenters. The molecule has 0 bridgehead atoms. The molecule has 48 heavy (non-hydrogen) atoms. The Kier molecular flexibility index (Phi) is 12.7. The SMILES string of the molecule is O=C1O[C@@H]2[C@@H](O)[C@H](OCCCCCCCCCCCC(F)(F)C(F)(F)C(F)(F)C(F)(F)C(F)(F)C(F)(F)C(F)(F)C(F)(F)F)O[C@@H]2[C@@H]1O. The number of rotatable bonds is 19. The first-order valence-corrected chi connectivity index (χ1v) is 14.1. The van der Waals surface area contributed by atoms with Crippen molar-refractivity contribution in [1.29, 1.82) is 0 Å². The van der Waals surface area contributed by atoms with Gasteiger partial charge in [-0.3, -0.25) is 0 Å². The zero-order valence-electron chi connectivity index (χ0n) is 24.1. The van der Waals surface area contributed by atoms with Gasteiger partial charge in [-0.25, -0.2) is 4.79 Å². The molecule has 284 valence electrons. The fourth-order valence-corrected chi connectivity index (χ4v) is 4.77. The van der Waals surface area contributed by atoms with E-state index in [0.717, 1.165) is 0 Å². The van der Waals surface area contributed by atoms with E-state index in [1.54, 1.807) is 0 Å². The third-order valence-electron chi connectivity index (χ3n) is 7.74. The third kappa shape index (κ3) is 7.42. The number of aliphatic hydroxyl groups excluding tert-OH is 2. The summed E-state index contributed by atoms with van der Waals surface area (Å²) in [6.07, 6.45) is -15.2. The number of alkyl halides is 17. The molecule has 2 aliphatic heterocycles. The summed E-state index contributed by atoms with van der Waals surface area (Å²) in [5.41, 5.74) is 0. The molecule has 0 unspecified atom stereocenters. The zero-order valence-corrected chi connectivity index (χ0v) is 24.1. The number of halogens is 17. The standard InChI is InChI=1S/C25H29F17O6/c26-18(27,19(28,29)20(30,31)21(32,33)22(34,35)23(36,37)24(38,39)25(40,41)42)10-8-6-4-2-1-3-5-7-9-11-46-17-13(44)15-14(48-17)12(43)16(45)47-15/h12-15,17,43-44H,1-11H2/t12-,13+,14+,15+,17+/m0/s1. The third-order valence-corrected chi connectivity index (χ3v) is 7.74. The van der Waals surface area contributed by atoms with Crippen molar-refractivity contribution in [3.8, 4) is 0 Å².